The molecule has 0 radical (unpaired) electrons. The minimum atomic E-state index is -0.0811. The number of hydrogen-bond donors (Lipinski definition) is 2. The maximum atomic E-state index is 10.8. The number of likely N-dealkylation sites (N-methyl/N-ethyl adjacent to an activating group) is 1. The Hall–Kier alpha value is -1.65. The van der Waals surface area contributed by atoms with Crippen molar-refractivity contribution in [2.24, 2.45) is 0 Å². The molecule has 0 fully saturated rings. The highest BCUT2D eigenvalue weighted by Gasteiger charge is 1.98. The zero-order valence-corrected chi connectivity index (χ0v) is 7.66. The summed E-state index contributed by atoms with van der Waals surface area (Å²) in [6.45, 7) is 2.07. The average molecular weight is 180 g/mol. The average Bonchev–Trinajstić information content (AvgIpc) is 2.16. The lowest BCUT2D eigenvalue weighted by atomic mass is 10.4. The Morgan fingerprint density at radius 3 is 2.77 bits per heavy atom. The van der Waals surface area contributed by atoms with Crippen LogP contribution in [-0.2, 0) is 4.79 Å². The first-order valence-electron chi connectivity index (χ1n) is 3.97. The molecule has 0 aliphatic heterocycles. The summed E-state index contributed by atoms with van der Waals surface area (Å²) in [5, 5.41) is 13.0. The predicted molar refractivity (Wildman–Crippen MR) is 49.3 cm³/mol. The van der Waals surface area contributed by atoms with Crippen molar-refractivity contribution in [3.63, 3.8) is 0 Å². The van der Waals surface area contributed by atoms with Crippen molar-refractivity contribution in [2.75, 3.05) is 18.9 Å². The molecule has 0 spiro atoms. The first kappa shape index (κ1) is 9.44. The van der Waals surface area contributed by atoms with Crippen LogP contribution in [-0.4, -0.2) is 29.7 Å². The van der Waals surface area contributed by atoms with Crippen molar-refractivity contribution in [3.8, 4) is 0 Å². The molecule has 1 amide bonds. The fourth-order valence-electron chi connectivity index (χ4n) is 0.752. The van der Waals surface area contributed by atoms with Gasteiger partial charge >= 0.3 is 0 Å². The third-order valence-electron chi connectivity index (χ3n) is 1.51. The van der Waals surface area contributed by atoms with Crippen molar-refractivity contribution in [1.29, 1.82) is 0 Å². The molecule has 0 aliphatic carbocycles. The van der Waals surface area contributed by atoms with E-state index in [9.17, 15) is 4.79 Å². The smallest absolute Gasteiger partial charge is 0.239 e. The van der Waals surface area contributed by atoms with E-state index < -0.39 is 0 Å². The van der Waals surface area contributed by atoms with E-state index in [1.165, 1.54) is 0 Å². The minimum Gasteiger partial charge on any atom is -0.360 e. The van der Waals surface area contributed by atoms with Crippen LogP contribution in [0.5, 0.6) is 0 Å². The highest BCUT2D eigenvalue weighted by atomic mass is 16.1. The number of nitrogens with one attached hydrogen (secondary N) is 2. The van der Waals surface area contributed by atoms with Gasteiger partial charge in [-0.3, -0.25) is 4.79 Å². The molecule has 13 heavy (non-hydrogen) atoms. The standard InChI is InChI=1S/C8H12N4O/c1-6-3-4-7(12-11-6)10-5-8(13)9-2/h3-4H,5H2,1-2H3,(H,9,13)(H,10,12). The van der Waals surface area contributed by atoms with Gasteiger partial charge in [-0.25, -0.2) is 0 Å². The molecule has 70 valence electrons. The summed E-state index contributed by atoms with van der Waals surface area (Å²) < 4.78 is 0. The number of hydrogen-bond acceptors (Lipinski definition) is 4. The van der Waals surface area contributed by atoms with Gasteiger partial charge in [-0.2, -0.15) is 5.10 Å². The second-order valence-corrected chi connectivity index (χ2v) is 2.59. The zero-order valence-electron chi connectivity index (χ0n) is 7.66. The molecule has 1 aromatic rings. The summed E-state index contributed by atoms with van der Waals surface area (Å²) in [6.07, 6.45) is 0. The molecule has 1 rings (SSSR count). The van der Waals surface area contributed by atoms with E-state index in [0.29, 0.717) is 5.82 Å². The number of nitrogens with zero attached hydrogens (tertiary/aromatic N) is 2. The van der Waals surface area contributed by atoms with Gasteiger partial charge in [0.25, 0.3) is 0 Å². The molecule has 0 aromatic carbocycles. The SMILES string of the molecule is CNC(=O)CNc1ccc(C)nn1. The Labute approximate surface area is 76.6 Å². The van der Waals surface area contributed by atoms with Crippen LogP contribution in [0.4, 0.5) is 5.82 Å². The van der Waals surface area contributed by atoms with Crippen LogP contribution < -0.4 is 10.6 Å². The van der Waals surface area contributed by atoms with Crippen molar-refractivity contribution < 1.29 is 4.79 Å². The van der Waals surface area contributed by atoms with E-state index in [1.54, 1.807) is 13.1 Å². The number of aromatic nitrogens is 2. The van der Waals surface area contributed by atoms with Crippen LogP contribution in [0.2, 0.25) is 0 Å². The quantitative estimate of drug-likeness (QED) is 0.684. The molecule has 0 saturated heterocycles. The number of carbonyl (C=O) groups is 1. The number of aryl methyl sites for hydroxylation is 1. The summed E-state index contributed by atoms with van der Waals surface area (Å²) >= 11 is 0. The molecular formula is C8H12N4O. The van der Waals surface area contributed by atoms with Gasteiger partial charge in [-0.05, 0) is 19.1 Å². The van der Waals surface area contributed by atoms with Crippen molar-refractivity contribution in [1.82, 2.24) is 15.5 Å². The highest BCUT2D eigenvalue weighted by molar-refractivity contribution is 5.79. The third-order valence-corrected chi connectivity index (χ3v) is 1.51. The van der Waals surface area contributed by atoms with Gasteiger partial charge < -0.3 is 10.6 Å². The molecule has 0 saturated carbocycles. The van der Waals surface area contributed by atoms with Gasteiger partial charge in [0, 0.05) is 7.05 Å². The Morgan fingerprint density at radius 1 is 1.46 bits per heavy atom. The Balaban J connectivity index is 2.46. The number of carbonyl (C=O) groups excluding carboxylic acids is 1. The van der Waals surface area contributed by atoms with Crippen LogP contribution in [0.1, 0.15) is 5.69 Å². The molecule has 1 aromatic heterocycles. The molecule has 0 aliphatic rings. The van der Waals surface area contributed by atoms with Crippen LogP contribution >= 0.6 is 0 Å². The monoisotopic (exact) mass is 180 g/mol. The highest BCUT2D eigenvalue weighted by Crippen LogP contribution is 1.99. The van der Waals surface area contributed by atoms with E-state index in [4.69, 9.17) is 0 Å². The van der Waals surface area contributed by atoms with Crippen molar-refractivity contribution >= 4 is 11.7 Å². The molecule has 1 heterocycles. The Bertz CT molecular complexity index is 283. The lowest BCUT2D eigenvalue weighted by molar-refractivity contribution is -0.118. The molecule has 0 atom stereocenters. The second-order valence-electron chi connectivity index (χ2n) is 2.59. The summed E-state index contributed by atoms with van der Waals surface area (Å²) in [5.41, 5.74) is 0.852. The largest absolute Gasteiger partial charge is 0.360 e. The van der Waals surface area contributed by atoms with Crippen LogP contribution in [0.25, 0.3) is 0 Å². The van der Waals surface area contributed by atoms with Gasteiger partial charge in [0.15, 0.2) is 0 Å². The number of anilines is 1. The molecule has 5 heteroatoms. The van der Waals surface area contributed by atoms with Crippen LogP contribution in [0, 0.1) is 6.92 Å². The van der Waals surface area contributed by atoms with Crippen LogP contribution in [0.3, 0.4) is 0 Å². The number of rotatable bonds is 3. The second kappa shape index (κ2) is 4.39. The van der Waals surface area contributed by atoms with Gasteiger partial charge in [-0.1, -0.05) is 0 Å². The van der Waals surface area contributed by atoms with Crippen molar-refractivity contribution in [2.45, 2.75) is 6.92 Å². The summed E-state index contributed by atoms with van der Waals surface area (Å²) in [5.74, 6) is 0.525. The zero-order chi connectivity index (χ0) is 9.68. The van der Waals surface area contributed by atoms with Gasteiger partial charge in [0.2, 0.25) is 5.91 Å². The fourth-order valence-corrected chi connectivity index (χ4v) is 0.752. The predicted octanol–water partition coefficient (Wildman–Crippen LogP) is -0.0571. The summed E-state index contributed by atoms with van der Waals surface area (Å²) in [6, 6.07) is 3.62. The fraction of sp³-hybridized carbons (Fsp3) is 0.375. The molecular weight excluding hydrogens is 168 g/mol. The Kier molecular flexibility index (Phi) is 3.19. The molecule has 0 unspecified atom stereocenters. The van der Waals surface area contributed by atoms with E-state index >= 15 is 0 Å². The lowest BCUT2D eigenvalue weighted by Gasteiger charge is -2.02. The minimum absolute atomic E-state index is 0.0811. The van der Waals surface area contributed by atoms with E-state index in [0.717, 1.165) is 5.69 Å². The topological polar surface area (TPSA) is 66.9 Å². The molecule has 2 N–H and O–H groups in total. The first-order valence-corrected chi connectivity index (χ1v) is 3.97. The maximum absolute atomic E-state index is 10.8. The number of amides is 1. The third kappa shape index (κ3) is 3.06. The maximum Gasteiger partial charge on any atom is 0.239 e. The molecule has 5 nitrogen and oxygen atoms in total. The van der Waals surface area contributed by atoms with E-state index in [2.05, 4.69) is 20.8 Å². The first-order chi connectivity index (χ1) is 6.22. The van der Waals surface area contributed by atoms with E-state index in [1.807, 2.05) is 13.0 Å². The normalized spacial score (nSPS) is 9.38. The van der Waals surface area contributed by atoms with E-state index in [-0.39, 0.29) is 12.5 Å². The van der Waals surface area contributed by atoms with Crippen molar-refractivity contribution in [3.05, 3.63) is 17.8 Å². The van der Waals surface area contributed by atoms with Gasteiger partial charge in [0.05, 0.1) is 12.2 Å². The Morgan fingerprint density at radius 2 is 2.23 bits per heavy atom. The van der Waals surface area contributed by atoms with Gasteiger partial charge in [-0.15, -0.1) is 5.10 Å². The van der Waals surface area contributed by atoms with Gasteiger partial charge in [0.1, 0.15) is 5.82 Å². The summed E-state index contributed by atoms with van der Waals surface area (Å²) in [7, 11) is 1.59. The summed E-state index contributed by atoms with van der Waals surface area (Å²) in [4.78, 5) is 10.8. The van der Waals surface area contributed by atoms with Crippen LogP contribution in [0.15, 0.2) is 12.1 Å². The molecule has 0 bridgehead atoms. The lowest BCUT2D eigenvalue weighted by Crippen LogP contribution is -2.26.